The molecule has 1 heterocycles. The predicted molar refractivity (Wildman–Crippen MR) is 102 cm³/mol. The third kappa shape index (κ3) is 3.71. The zero-order chi connectivity index (χ0) is 17.1. The molecule has 0 aliphatic carbocycles. The molecule has 0 spiro atoms. The number of amides is 1. The van der Waals surface area contributed by atoms with E-state index >= 15 is 0 Å². The average Bonchev–Trinajstić information content (AvgIpc) is 2.91. The molecule has 1 N–H and O–H groups in total. The summed E-state index contributed by atoms with van der Waals surface area (Å²) >= 11 is 7.75. The van der Waals surface area contributed by atoms with Gasteiger partial charge in [-0.05, 0) is 24.1 Å². The Labute approximate surface area is 150 Å². The molecule has 0 aliphatic heterocycles. The molecule has 124 valence electrons. The lowest BCUT2D eigenvalue weighted by Crippen LogP contribution is -2.11. The molecule has 0 saturated carbocycles. The molecular formula is C19H18ClNO2S. The molecule has 0 unspecified atom stereocenters. The molecule has 0 fully saturated rings. The highest BCUT2D eigenvalue weighted by Crippen LogP contribution is 2.35. The maximum atomic E-state index is 12.6. The van der Waals surface area contributed by atoms with Crippen molar-refractivity contribution in [2.75, 3.05) is 11.9 Å². The fourth-order valence-electron chi connectivity index (χ4n) is 2.27. The van der Waals surface area contributed by atoms with Crippen molar-refractivity contribution >= 4 is 44.6 Å². The second-order valence-corrected chi connectivity index (χ2v) is 7.36. The van der Waals surface area contributed by atoms with Gasteiger partial charge in [0.2, 0.25) is 0 Å². The molecule has 24 heavy (non-hydrogen) atoms. The van der Waals surface area contributed by atoms with Gasteiger partial charge in [0, 0.05) is 21.8 Å². The molecule has 0 aliphatic rings. The Balaban J connectivity index is 1.79. The number of halogens is 1. The smallest absolute Gasteiger partial charge is 0.267 e. The maximum Gasteiger partial charge on any atom is 0.267 e. The standard InChI is InChI=1S/C19H18ClNO2S/c1-12(2)11-23-14-7-5-6-13(10-14)21-19(22)18-17(20)15-8-3-4-9-16(15)24-18/h3-10,12H,11H2,1-2H3,(H,21,22). The summed E-state index contributed by atoms with van der Waals surface area (Å²) in [6, 6.07) is 15.1. The van der Waals surface area contributed by atoms with Crippen LogP contribution in [0.15, 0.2) is 48.5 Å². The molecule has 0 saturated heterocycles. The minimum atomic E-state index is -0.206. The van der Waals surface area contributed by atoms with Crippen LogP contribution in [0.2, 0.25) is 5.02 Å². The Morgan fingerprint density at radius 3 is 2.75 bits per heavy atom. The molecule has 0 radical (unpaired) electrons. The van der Waals surface area contributed by atoms with Gasteiger partial charge in [-0.15, -0.1) is 11.3 Å². The highest BCUT2D eigenvalue weighted by atomic mass is 35.5. The lowest BCUT2D eigenvalue weighted by Gasteiger charge is -2.10. The summed E-state index contributed by atoms with van der Waals surface area (Å²) in [6.07, 6.45) is 0. The Morgan fingerprint density at radius 1 is 1.21 bits per heavy atom. The summed E-state index contributed by atoms with van der Waals surface area (Å²) in [5.41, 5.74) is 0.690. The minimum absolute atomic E-state index is 0.206. The number of nitrogens with one attached hydrogen (secondary N) is 1. The highest BCUT2D eigenvalue weighted by molar-refractivity contribution is 7.21. The van der Waals surface area contributed by atoms with Crippen molar-refractivity contribution in [1.29, 1.82) is 0 Å². The van der Waals surface area contributed by atoms with Crippen LogP contribution in [0.5, 0.6) is 5.75 Å². The molecule has 0 atom stereocenters. The van der Waals surface area contributed by atoms with Crippen molar-refractivity contribution in [1.82, 2.24) is 0 Å². The van der Waals surface area contributed by atoms with Gasteiger partial charge in [0.05, 0.1) is 11.6 Å². The van der Waals surface area contributed by atoms with Crippen LogP contribution >= 0.6 is 22.9 Å². The van der Waals surface area contributed by atoms with Gasteiger partial charge in [-0.1, -0.05) is 49.7 Å². The first-order chi connectivity index (χ1) is 11.5. The van der Waals surface area contributed by atoms with E-state index < -0.39 is 0 Å². The lowest BCUT2D eigenvalue weighted by molar-refractivity contribution is 0.103. The van der Waals surface area contributed by atoms with Crippen LogP contribution in [-0.2, 0) is 0 Å². The van der Waals surface area contributed by atoms with E-state index in [0.717, 1.165) is 15.8 Å². The largest absolute Gasteiger partial charge is 0.493 e. The summed E-state index contributed by atoms with van der Waals surface area (Å²) in [7, 11) is 0. The van der Waals surface area contributed by atoms with Gasteiger partial charge in [-0.2, -0.15) is 0 Å². The number of ether oxygens (including phenoxy) is 1. The highest BCUT2D eigenvalue weighted by Gasteiger charge is 2.17. The Kier molecular flexibility index (Phi) is 5.07. The van der Waals surface area contributed by atoms with E-state index in [2.05, 4.69) is 19.2 Å². The second-order valence-electron chi connectivity index (χ2n) is 5.93. The number of carbonyl (C=O) groups is 1. The summed E-state index contributed by atoms with van der Waals surface area (Å²) in [6.45, 7) is 4.82. The third-order valence-electron chi connectivity index (χ3n) is 3.42. The zero-order valence-corrected chi connectivity index (χ0v) is 15.1. The topological polar surface area (TPSA) is 38.3 Å². The first-order valence-electron chi connectivity index (χ1n) is 7.76. The summed E-state index contributed by atoms with van der Waals surface area (Å²) in [5.74, 6) is 0.978. The van der Waals surface area contributed by atoms with Crippen LogP contribution < -0.4 is 10.1 Å². The SMILES string of the molecule is CC(C)COc1cccc(NC(=O)c2sc3ccccc3c2Cl)c1. The van der Waals surface area contributed by atoms with Crippen LogP contribution in [0, 0.1) is 5.92 Å². The Morgan fingerprint density at radius 2 is 2.00 bits per heavy atom. The van der Waals surface area contributed by atoms with E-state index in [1.165, 1.54) is 11.3 Å². The zero-order valence-electron chi connectivity index (χ0n) is 13.5. The number of fused-ring (bicyclic) bond motifs is 1. The van der Waals surface area contributed by atoms with Crippen LogP contribution in [-0.4, -0.2) is 12.5 Å². The third-order valence-corrected chi connectivity index (χ3v) is 5.09. The van der Waals surface area contributed by atoms with Crippen LogP contribution in [0.1, 0.15) is 23.5 Å². The predicted octanol–water partition coefficient (Wildman–Crippen LogP) is 5.84. The van der Waals surface area contributed by atoms with E-state index in [-0.39, 0.29) is 5.91 Å². The van der Waals surface area contributed by atoms with Gasteiger partial charge in [-0.3, -0.25) is 4.79 Å². The molecule has 0 bridgehead atoms. The molecular weight excluding hydrogens is 342 g/mol. The van der Waals surface area contributed by atoms with Gasteiger partial charge < -0.3 is 10.1 Å². The average molecular weight is 360 g/mol. The second kappa shape index (κ2) is 7.24. The number of hydrogen-bond acceptors (Lipinski definition) is 3. The van der Waals surface area contributed by atoms with Gasteiger partial charge in [0.25, 0.3) is 5.91 Å². The molecule has 1 amide bonds. The van der Waals surface area contributed by atoms with Crippen molar-refractivity contribution in [3.05, 3.63) is 58.4 Å². The van der Waals surface area contributed by atoms with Crippen molar-refractivity contribution in [3.63, 3.8) is 0 Å². The minimum Gasteiger partial charge on any atom is -0.493 e. The van der Waals surface area contributed by atoms with Crippen molar-refractivity contribution < 1.29 is 9.53 Å². The number of hydrogen-bond donors (Lipinski definition) is 1. The molecule has 1 aromatic heterocycles. The van der Waals surface area contributed by atoms with E-state index in [4.69, 9.17) is 16.3 Å². The summed E-state index contributed by atoms with van der Waals surface area (Å²) in [4.78, 5) is 13.1. The van der Waals surface area contributed by atoms with Crippen molar-refractivity contribution in [2.24, 2.45) is 5.92 Å². The quantitative estimate of drug-likeness (QED) is 0.621. The molecule has 3 aromatic rings. The van der Waals surface area contributed by atoms with E-state index in [9.17, 15) is 4.79 Å². The van der Waals surface area contributed by atoms with Crippen molar-refractivity contribution in [3.8, 4) is 5.75 Å². The summed E-state index contributed by atoms with van der Waals surface area (Å²) in [5, 5.41) is 4.30. The Bertz CT molecular complexity index is 873. The van der Waals surface area contributed by atoms with Gasteiger partial charge in [-0.25, -0.2) is 0 Å². The van der Waals surface area contributed by atoms with Crippen molar-refractivity contribution in [2.45, 2.75) is 13.8 Å². The maximum absolute atomic E-state index is 12.6. The number of rotatable bonds is 5. The first-order valence-corrected chi connectivity index (χ1v) is 8.95. The fourth-order valence-corrected chi connectivity index (χ4v) is 3.69. The Hall–Kier alpha value is -2.04. The lowest BCUT2D eigenvalue weighted by atomic mass is 10.2. The number of benzene rings is 2. The van der Waals surface area contributed by atoms with Gasteiger partial charge >= 0.3 is 0 Å². The number of carbonyl (C=O) groups excluding carboxylic acids is 1. The van der Waals surface area contributed by atoms with Crippen LogP contribution in [0.25, 0.3) is 10.1 Å². The van der Waals surface area contributed by atoms with E-state index in [1.807, 2.05) is 48.5 Å². The molecule has 2 aromatic carbocycles. The normalized spacial score (nSPS) is 11.0. The molecule has 3 nitrogen and oxygen atoms in total. The van der Waals surface area contributed by atoms with E-state index in [0.29, 0.717) is 28.1 Å². The molecule has 5 heteroatoms. The first kappa shape index (κ1) is 16.8. The van der Waals surface area contributed by atoms with Gasteiger partial charge in [0.1, 0.15) is 10.6 Å². The van der Waals surface area contributed by atoms with Gasteiger partial charge in [0.15, 0.2) is 0 Å². The number of thiophene rings is 1. The van der Waals surface area contributed by atoms with Crippen LogP contribution in [0.3, 0.4) is 0 Å². The molecule has 3 rings (SSSR count). The van der Waals surface area contributed by atoms with Crippen LogP contribution in [0.4, 0.5) is 5.69 Å². The summed E-state index contributed by atoms with van der Waals surface area (Å²) < 4.78 is 6.69. The van der Waals surface area contributed by atoms with E-state index in [1.54, 1.807) is 0 Å². The number of anilines is 1. The fraction of sp³-hybridized carbons (Fsp3) is 0.211. The monoisotopic (exact) mass is 359 g/mol.